The first kappa shape index (κ1) is 17.7. The van der Waals surface area contributed by atoms with Crippen LogP contribution in [0.4, 0.5) is 0 Å². The van der Waals surface area contributed by atoms with E-state index in [9.17, 15) is 4.79 Å². The molecule has 1 fully saturated rings. The molecule has 3 rings (SSSR count). The van der Waals surface area contributed by atoms with Crippen LogP contribution in [0.3, 0.4) is 0 Å². The molecule has 0 radical (unpaired) electrons. The standard InChI is InChI=1S/C20H27N3O2/c1-16-13-19(25-22-16)14-20(24)21-11-10-18-9-5-6-12-23(18)15-17-7-3-2-4-8-17/h2-4,7-8,13,18H,5-6,9-12,14-15H2,1H3,(H,21,24)/t18-/m1/s1. The molecule has 1 saturated heterocycles. The van der Waals surface area contributed by atoms with Gasteiger partial charge in [-0.05, 0) is 38.3 Å². The average molecular weight is 341 g/mol. The number of carbonyl (C=O) groups excluding carboxylic acids is 1. The van der Waals surface area contributed by atoms with Crippen LogP contribution in [0.1, 0.15) is 42.7 Å². The van der Waals surface area contributed by atoms with Crippen LogP contribution in [0.15, 0.2) is 40.9 Å². The predicted molar refractivity (Wildman–Crippen MR) is 97.1 cm³/mol. The lowest BCUT2D eigenvalue weighted by atomic mass is 9.98. The van der Waals surface area contributed by atoms with Crippen molar-refractivity contribution in [2.45, 2.75) is 51.6 Å². The van der Waals surface area contributed by atoms with E-state index in [2.05, 4.69) is 45.7 Å². The second-order valence-electron chi connectivity index (χ2n) is 6.86. The van der Waals surface area contributed by atoms with Crippen molar-refractivity contribution in [2.75, 3.05) is 13.1 Å². The van der Waals surface area contributed by atoms with E-state index in [0.717, 1.165) is 25.2 Å². The molecule has 1 atom stereocenters. The summed E-state index contributed by atoms with van der Waals surface area (Å²) >= 11 is 0. The van der Waals surface area contributed by atoms with E-state index in [1.807, 2.05) is 13.0 Å². The molecule has 0 spiro atoms. The average Bonchev–Trinajstić information content (AvgIpc) is 3.02. The molecule has 1 aliphatic heterocycles. The molecule has 1 aromatic heterocycles. The van der Waals surface area contributed by atoms with Gasteiger partial charge in [-0.2, -0.15) is 0 Å². The van der Waals surface area contributed by atoms with Crippen LogP contribution < -0.4 is 5.32 Å². The van der Waals surface area contributed by atoms with E-state index in [1.54, 1.807) is 0 Å². The Morgan fingerprint density at radius 3 is 2.92 bits per heavy atom. The highest BCUT2D eigenvalue weighted by Crippen LogP contribution is 2.21. The number of hydrogen-bond donors (Lipinski definition) is 1. The molecule has 134 valence electrons. The minimum Gasteiger partial charge on any atom is -0.361 e. The predicted octanol–water partition coefficient (Wildman–Crippen LogP) is 3.09. The van der Waals surface area contributed by atoms with Crippen molar-refractivity contribution in [3.8, 4) is 0 Å². The summed E-state index contributed by atoms with van der Waals surface area (Å²) in [6.07, 6.45) is 5.01. The summed E-state index contributed by atoms with van der Waals surface area (Å²) in [5.74, 6) is 0.625. The monoisotopic (exact) mass is 341 g/mol. The van der Waals surface area contributed by atoms with E-state index in [4.69, 9.17) is 4.52 Å². The van der Waals surface area contributed by atoms with E-state index < -0.39 is 0 Å². The van der Waals surface area contributed by atoms with Gasteiger partial charge in [-0.1, -0.05) is 41.9 Å². The Morgan fingerprint density at radius 2 is 2.16 bits per heavy atom. The number of benzene rings is 1. The van der Waals surface area contributed by atoms with Crippen molar-refractivity contribution in [2.24, 2.45) is 0 Å². The maximum atomic E-state index is 12.0. The van der Waals surface area contributed by atoms with Gasteiger partial charge < -0.3 is 9.84 Å². The fourth-order valence-electron chi connectivity index (χ4n) is 3.51. The largest absolute Gasteiger partial charge is 0.361 e. The molecular weight excluding hydrogens is 314 g/mol. The van der Waals surface area contributed by atoms with Crippen molar-refractivity contribution in [1.82, 2.24) is 15.4 Å². The number of carbonyl (C=O) groups is 1. The van der Waals surface area contributed by atoms with Gasteiger partial charge in [-0.15, -0.1) is 0 Å². The Hall–Kier alpha value is -2.14. The number of rotatable bonds is 7. The molecule has 5 nitrogen and oxygen atoms in total. The molecule has 0 saturated carbocycles. The Labute approximate surface area is 149 Å². The summed E-state index contributed by atoms with van der Waals surface area (Å²) in [5.41, 5.74) is 2.17. The molecule has 1 aromatic carbocycles. The van der Waals surface area contributed by atoms with Crippen LogP contribution in [-0.2, 0) is 17.8 Å². The molecule has 0 aliphatic carbocycles. The van der Waals surface area contributed by atoms with Crippen LogP contribution in [0.25, 0.3) is 0 Å². The van der Waals surface area contributed by atoms with Gasteiger partial charge in [0.2, 0.25) is 5.91 Å². The lowest BCUT2D eigenvalue weighted by Crippen LogP contribution is -2.41. The summed E-state index contributed by atoms with van der Waals surface area (Å²) in [7, 11) is 0. The molecule has 0 unspecified atom stereocenters. The number of hydrogen-bond acceptors (Lipinski definition) is 4. The lowest BCUT2D eigenvalue weighted by molar-refractivity contribution is -0.120. The SMILES string of the molecule is Cc1cc(CC(=O)NCC[C@H]2CCCCN2Cc2ccccc2)on1. The van der Waals surface area contributed by atoms with Gasteiger partial charge in [0.25, 0.3) is 0 Å². The zero-order valence-corrected chi connectivity index (χ0v) is 14.9. The summed E-state index contributed by atoms with van der Waals surface area (Å²) < 4.78 is 5.10. The summed E-state index contributed by atoms with van der Waals surface area (Å²) in [4.78, 5) is 14.6. The Balaban J connectivity index is 1.44. The second kappa shape index (κ2) is 8.81. The molecule has 5 heteroatoms. The first-order valence-corrected chi connectivity index (χ1v) is 9.17. The molecular formula is C20H27N3O2. The zero-order valence-electron chi connectivity index (χ0n) is 14.9. The van der Waals surface area contributed by atoms with E-state index in [-0.39, 0.29) is 12.3 Å². The van der Waals surface area contributed by atoms with Gasteiger partial charge in [-0.25, -0.2) is 0 Å². The molecule has 0 bridgehead atoms. The summed E-state index contributed by atoms with van der Waals surface area (Å²) in [6.45, 7) is 4.71. The van der Waals surface area contributed by atoms with Crippen molar-refractivity contribution < 1.29 is 9.32 Å². The van der Waals surface area contributed by atoms with Crippen LogP contribution in [-0.4, -0.2) is 35.1 Å². The van der Waals surface area contributed by atoms with E-state index >= 15 is 0 Å². The van der Waals surface area contributed by atoms with Crippen LogP contribution >= 0.6 is 0 Å². The van der Waals surface area contributed by atoms with Crippen LogP contribution in [0, 0.1) is 6.92 Å². The number of nitrogens with zero attached hydrogens (tertiary/aromatic N) is 2. The number of piperidine rings is 1. The number of aromatic nitrogens is 1. The normalized spacial score (nSPS) is 18.2. The van der Waals surface area contributed by atoms with E-state index in [1.165, 1.54) is 24.8 Å². The first-order valence-electron chi connectivity index (χ1n) is 9.17. The minimum atomic E-state index is 0.00145. The van der Waals surface area contributed by atoms with Crippen molar-refractivity contribution >= 4 is 5.91 Å². The Bertz CT molecular complexity index is 669. The first-order chi connectivity index (χ1) is 12.2. The van der Waals surface area contributed by atoms with Gasteiger partial charge in [-0.3, -0.25) is 9.69 Å². The third kappa shape index (κ3) is 5.43. The minimum absolute atomic E-state index is 0.00145. The zero-order chi connectivity index (χ0) is 17.5. The fourth-order valence-corrected chi connectivity index (χ4v) is 3.51. The third-order valence-electron chi connectivity index (χ3n) is 4.79. The van der Waals surface area contributed by atoms with Crippen molar-refractivity contribution in [3.63, 3.8) is 0 Å². The second-order valence-corrected chi connectivity index (χ2v) is 6.86. The van der Waals surface area contributed by atoms with Crippen LogP contribution in [0.2, 0.25) is 0 Å². The van der Waals surface area contributed by atoms with Gasteiger partial charge in [0, 0.05) is 25.2 Å². The molecule has 25 heavy (non-hydrogen) atoms. The summed E-state index contributed by atoms with van der Waals surface area (Å²) in [6, 6.07) is 13.0. The summed E-state index contributed by atoms with van der Waals surface area (Å²) in [5, 5.41) is 6.83. The Kier molecular flexibility index (Phi) is 6.23. The lowest BCUT2D eigenvalue weighted by Gasteiger charge is -2.36. The highest BCUT2D eigenvalue weighted by molar-refractivity contribution is 5.77. The third-order valence-corrected chi connectivity index (χ3v) is 4.79. The van der Waals surface area contributed by atoms with Crippen molar-refractivity contribution in [1.29, 1.82) is 0 Å². The number of likely N-dealkylation sites (tertiary alicyclic amines) is 1. The van der Waals surface area contributed by atoms with Gasteiger partial charge in [0.05, 0.1) is 12.1 Å². The van der Waals surface area contributed by atoms with Gasteiger partial charge in [0.15, 0.2) is 0 Å². The number of amides is 1. The molecule has 1 amide bonds. The topological polar surface area (TPSA) is 58.4 Å². The van der Waals surface area contributed by atoms with Crippen LogP contribution in [0.5, 0.6) is 0 Å². The van der Waals surface area contributed by atoms with Gasteiger partial charge >= 0.3 is 0 Å². The maximum absolute atomic E-state index is 12.0. The van der Waals surface area contributed by atoms with Gasteiger partial charge in [0.1, 0.15) is 5.76 Å². The van der Waals surface area contributed by atoms with E-state index in [0.29, 0.717) is 18.3 Å². The Morgan fingerprint density at radius 1 is 1.32 bits per heavy atom. The number of aryl methyl sites for hydroxylation is 1. The smallest absolute Gasteiger partial charge is 0.227 e. The highest BCUT2D eigenvalue weighted by atomic mass is 16.5. The molecule has 2 heterocycles. The van der Waals surface area contributed by atoms with Crippen molar-refractivity contribution in [3.05, 3.63) is 53.4 Å². The molecule has 1 N–H and O–H groups in total. The maximum Gasteiger partial charge on any atom is 0.227 e. The molecule has 2 aromatic rings. The fraction of sp³-hybridized carbons (Fsp3) is 0.500. The number of nitrogens with one attached hydrogen (secondary N) is 1. The quantitative estimate of drug-likeness (QED) is 0.841. The molecule has 1 aliphatic rings. The highest BCUT2D eigenvalue weighted by Gasteiger charge is 2.22.